The van der Waals surface area contributed by atoms with E-state index in [2.05, 4.69) is 0 Å². The number of nitro groups is 1. The molecular weight excluding hydrogens is 136 g/mol. The second kappa shape index (κ2) is 3.81. The van der Waals surface area contributed by atoms with Crippen LogP contribution < -0.4 is 5.73 Å². The Morgan fingerprint density at radius 1 is 1.80 bits per heavy atom. The lowest BCUT2D eigenvalue weighted by Gasteiger charge is -2.01. The van der Waals surface area contributed by atoms with Gasteiger partial charge >= 0.3 is 0 Å². The Bertz CT molecular complexity index is 132. The number of primary amides is 1. The van der Waals surface area contributed by atoms with Gasteiger partial charge in [-0.05, 0) is 6.42 Å². The Hall–Kier alpha value is -1.13. The van der Waals surface area contributed by atoms with E-state index in [0.29, 0.717) is 6.42 Å². The lowest BCUT2D eigenvalue weighted by atomic mass is 10.2. The molecule has 0 aromatic rings. The number of nitrogens with zero attached hydrogens (tertiary/aromatic N) is 1. The molecule has 0 saturated heterocycles. The molecule has 0 aromatic carbocycles. The van der Waals surface area contributed by atoms with E-state index in [1.807, 2.05) is 0 Å². The highest BCUT2D eigenvalue weighted by Crippen LogP contribution is 1.98. The summed E-state index contributed by atoms with van der Waals surface area (Å²) in [5.41, 5.74) is 4.74. The molecule has 0 aliphatic rings. The zero-order valence-corrected chi connectivity index (χ0v) is 5.74. The lowest BCUT2D eigenvalue weighted by molar-refractivity contribution is -0.508. The Kier molecular flexibility index (Phi) is 3.38. The van der Waals surface area contributed by atoms with E-state index in [-0.39, 0.29) is 6.42 Å². The topological polar surface area (TPSA) is 86.2 Å². The maximum atomic E-state index is 10.3. The molecule has 0 rings (SSSR count). The number of carbonyl (C=O) groups is 1. The molecule has 1 atom stereocenters. The molecule has 58 valence electrons. The van der Waals surface area contributed by atoms with Gasteiger partial charge in [-0.25, -0.2) is 0 Å². The largest absolute Gasteiger partial charge is 0.364 e. The number of hydrogen-bond acceptors (Lipinski definition) is 3. The molecular formula is C5H10N2O3. The molecule has 0 bridgehead atoms. The van der Waals surface area contributed by atoms with Crippen molar-refractivity contribution in [1.29, 1.82) is 0 Å². The number of carbonyl (C=O) groups excluding carboxylic acids is 1. The normalized spacial score (nSPS) is 12.5. The summed E-state index contributed by atoms with van der Waals surface area (Å²) in [6.07, 6.45) is 0.816. The van der Waals surface area contributed by atoms with Gasteiger partial charge in [0.05, 0.1) is 0 Å². The highest BCUT2D eigenvalue weighted by molar-refractivity contribution is 5.78. The van der Waals surface area contributed by atoms with E-state index in [4.69, 9.17) is 5.73 Å². The van der Waals surface area contributed by atoms with Crippen LogP contribution in [-0.4, -0.2) is 16.9 Å². The first kappa shape index (κ1) is 8.87. The van der Waals surface area contributed by atoms with Crippen LogP contribution in [0.15, 0.2) is 0 Å². The molecule has 10 heavy (non-hydrogen) atoms. The van der Waals surface area contributed by atoms with Crippen molar-refractivity contribution in [3.8, 4) is 0 Å². The second-order valence-corrected chi connectivity index (χ2v) is 1.99. The first-order valence-corrected chi connectivity index (χ1v) is 3.02. The van der Waals surface area contributed by atoms with Crippen LogP contribution in [-0.2, 0) is 4.79 Å². The number of amides is 1. The van der Waals surface area contributed by atoms with E-state index in [0.717, 1.165) is 0 Å². The Labute approximate surface area is 58.4 Å². The molecule has 1 amide bonds. The van der Waals surface area contributed by atoms with E-state index < -0.39 is 16.9 Å². The van der Waals surface area contributed by atoms with E-state index in [1.54, 1.807) is 6.92 Å². The molecule has 0 spiro atoms. The van der Waals surface area contributed by atoms with Gasteiger partial charge in [-0.15, -0.1) is 0 Å². The van der Waals surface area contributed by atoms with Gasteiger partial charge in [0.1, 0.15) is 0 Å². The van der Waals surface area contributed by atoms with Crippen molar-refractivity contribution in [2.75, 3.05) is 0 Å². The molecule has 1 unspecified atom stereocenters. The predicted molar refractivity (Wildman–Crippen MR) is 34.9 cm³/mol. The third-order valence-electron chi connectivity index (χ3n) is 1.15. The molecule has 2 N–H and O–H groups in total. The standard InChI is InChI=1S/C5H10N2O3/c1-2-3-4(5(6)8)7(9)10/h4H,2-3H2,1H3,(H2,6,8). The van der Waals surface area contributed by atoms with Gasteiger partial charge in [0, 0.05) is 11.3 Å². The molecule has 0 saturated carbocycles. The fourth-order valence-corrected chi connectivity index (χ4v) is 0.625. The Balaban J connectivity index is 3.98. The van der Waals surface area contributed by atoms with Crippen molar-refractivity contribution in [1.82, 2.24) is 0 Å². The van der Waals surface area contributed by atoms with E-state index in [1.165, 1.54) is 0 Å². The summed E-state index contributed by atoms with van der Waals surface area (Å²) in [7, 11) is 0. The maximum Gasteiger partial charge on any atom is 0.292 e. The molecule has 5 nitrogen and oxygen atoms in total. The fraction of sp³-hybridized carbons (Fsp3) is 0.800. The van der Waals surface area contributed by atoms with Crippen LogP contribution in [0.4, 0.5) is 0 Å². The molecule has 0 aliphatic heterocycles. The van der Waals surface area contributed by atoms with Gasteiger partial charge in [-0.1, -0.05) is 6.92 Å². The predicted octanol–water partition coefficient (Wildman–Crippen LogP) is -0.0829. The van der Waals surface area contributed by atoms with Gasteiger partial charge in [0.2, 0.25) is 0 Å². The van der Waals surface area contributed by atoms with Gasteiger partial charge in [0.15, 0.2) is 0 Å². The van der Waals surface area contributed by atoms with Crippen molar-refractivity contribution in [2.45, 2.75) is 25.8 Å². The van der Waals surface area contributed by atoms with Crippen molar-refractivity contribution in [3.05, 3.63) is 10.1 Å². The summed E-state index contributed by atoms with van der Waals surface area (Å²) >= 11 is 0. The minimum absolute atomic E-state index is 0.225. The Morgan fingerprint density at radius 2 is 2.30 bits per heavy atom. The van der Waals surface area contributed by atoms with Crippen molar-refractivity contribution in [2.24, 2.45) is 5.73 Å². The summed E-state index contributed by atoms with van der Waals surface area (Å²) in [6, 6.07) is -1.20. The third kappa shape index (κ3) is 2.43. The van der Waals surface area contributed by atoms with Gasteiger partial charge < -0.3 is 5.73 Å². The molecule has 0 fully saturated rings. The SMILES string of the molecule is CCCC(C(N)=O)[N+](=O)[O-]. The maximum absolute atomic E-state index is 10.3. The molecule has 5 heteroatoms. The average Bonchev–Trinajstić information content (AvgIpc) is 1.81. The zero-order valence-electron chi connectivity index (χ0n) is 5.74. The molecule has 0 heterocycles. The number of hydrogen-bond donors (Lipinski definition) is 1. The number of nitrogens with two attached hydrogens (primary N) is 1. The zero-order chi connectivity index (χ0) is 8.15. The van der Waals surface area contributed by atoms with E-state index in [9.17, 15) is 14.9 Å². The van der Waals surface area contributed by atoms with Crippen LogP contribution in [0.2, 0.25) is 0 Å². The molecule has 0 aliphatic carbocycles. The average molecular weight is 146 g/mol. The second-order valence-electron chi connectivity index (χ2n) is 1.99. The third-order valence-corrected chi connectivity index (χ3v) is 1.15. The highest BCUT2D eigenvalue weighted by atomic mass is 16.6. The summed E-state index contributed by atoms with van der Waals surface area (Å²) in [4.78, 5) is 19.7. The van der Waals surface area contributed by atoms with Crippen LogP contribution in [0.3, 0.4) is 0 Å². The summed E-state index contributed by atoms with van der Waals surface area (Å²) in [5, 5.41) is 10.0. The van der Waals surface area contributed by atoms with Gasteiger partial charge in [0.25, 0.3) is 11.9 Å². The monoisotopic (exact) mass is 146 g/mol. The minimum atomic E-state index is -1.20. The fourth-order valence-electron chi connectivity index (χ4n) is 0.625. The first-order valence-electron chi connectivity index (χ1n) is 3.02. The van der Waals surface area contributed by atoms with Crippen molar-refractivity contribution < 1.29 is 9.72 Å². The minimum Gasteiger partial charge on any atom is -0.364 e. The summed E-state index contributed by atoms with van der Waals surface area (Å²) in [6.45, 7) is 1.76. The number of rotatable bonds is 4. The quantitative estimate of drug-likeness (QED) is 0.444. The summed E-state index contributed by atoms with van der Waals surface area (Å²) in [5.74, 6) is -0.855. The summed E-state index contributed by atoms with van der Waals surface area (Å²) < 4.78 is 0. The molecule has 0 radical (unpaired) electrons. The van der Waals surface area contributed by atoms with Crippen LogP contribution in [0.5, 0.6) is 0 Å². The molecule has 0 aromatic heterocycles. The van der Waals surface area contributed by atoms with Crippen LogP contribution in [0.25, 0.3) is 0 Å². The van der Waals surface area contributed by atoms with E-state index >= 15 is 0 Å². The smallest absolute Gasteiger partial charge is 0.292 e. The van der Waals surface area contributed by atoms with Crippen LogP contribution in [0.1, 0.15) is 19.8 Å². The first-order chi connectivity index (χ1) is 4.59. The van der Waals surface area contributed by atoms with Crippen molar-refractivity contribution >= 4 is 5.91 Å². The van der Waals surface area contributed by atoms with Crippen LogP contribution >= 0.6 is 0 Å². The Morgan fingerprint density at radius 3 is 2.40 bits per heavy atom. The van der Waals surface area contributed by atoms with Gasteiger partial charge in [-0.2, -0.15) is 0 Å². The van der Waals surface area contributed by atoms with Gasteiger partial charge in [-0.3, -0.25) is 14.9 Å². The highest BCUT2D eigenvalue weighted by Gasteiger charge is 2.24. The lowest BCUT2D eigenvalue weighted by Crippen LogP contribution is -2.35. The van der Waals surface area contributed by atoms with Crippen molar-refractivity contribution in [3.63, 3.8) is 0 Å². The van der Waals surface area contributed by atoms with Crippen LogP contribution in [0, 0.1) is 10.1 Å².